The quantitative estimate of drug-likeness (QED) is 0.842. The third kappa shape index (κ3) is 6.63. The van der Waals surface area contributed by atoms with E-state index in [-0.39, 0.29) is 36.5 Å². The molecule has 132 valence electrons. The molecule has 3 N–H and O–H groups in total. The summed E-state index contributed by atoms with van der Waals surface area (Å²) in [7, 11) is 0. The summed E-state index contributed by atoms with van der Waals surface area (Å²) in [4.78, 5) is 14.2. The Morgan fingerprint density at radius 1 is 1.39 bits per heavy atom. The van der Waals surface area contributed by atoms with Gasteiger partial charge >= 0.3 is 0 Å². The normalized spacial score (nSPS) is 17.8. The van der Waals surface area contributed by atoms with Crippen molar-refractivity contribution in [2.75, 3.05) is 25.0 Å². The number of amides is 1. The maximum Gasteiger partial charge on any atom is 0.225 e. The van der Waals surface area contributed by atoms with Gasteiger partial charge in [0.25, 0.3) is 0 Å². The maximum atomic E-state index is 13.4. The Morgan fingerprint density at radius 3 is 2.78 bits per heavy atom. The summed E-state index contributed by atoms with van der Waals surface area (Å²) in [6.45, 7) is 4.06. The van der Waals surface area contributed by atoms with E-state index in [1.807, 2.05) is 0 Å². The van der Waals surface area contributed by atoms with Crippen LogP contribution in [0.2, 0.25) is 0 Å². The largest absolute Gasteiger partial charge is 0.329 e. The Balaban J connectivity index is 0.00000242. The second-order valence-electron chi connectivity index (χ2n) is 5.68. The van der Waals surface area contributed by atoms with Gasteiger partial charge in [0.05, 0.1) is 0 Å². The van der Waals surface area contributed by atoms with Gasteiger partial charge in [0, 0.05) is 31.2 Å². The molecule has 0 radical (unpaired) electrons. The van der Waals surface area contributed by atoms with Crippen molar-refractivity contribution in [1.29, 1.82) is 0 Å². The molecule has 0 saturated carbocycles. The first-order valence-corrected chi connectivity index (χ1v) is 7.60. The van der Waals surface area contributed by atoms with Crippen molar-refractivity contribution in [3.63, 3.8) is 0 Å². The molecule has 7 heteroatoms. The molecular weight excluding hydrogens is 340 g/mol. The van der Waals surface area contributed by atoms with Crippen LogP contribution < -0.4 is 11.1 Å². The number of rotatable bonds is 5. The summed E-state index contributed by atoms with van der Waals surface area (Å²) in [5.41, 5.74) is 6.86. The van der Waals surface area contributed by atoms with Crippen molar-refractivity contribution >= 4 is 36.4 Å². The van der Waals surface area contributed by atoms with Crippen LogP contribution in [-0.4, -0.2) is 36.5 Å². The Hall–Kier alpha value is -0.880. The number of benzene rings is 1. The molecule has 0 aliphatic carbocycles. The topological polar surface area (TPSA) is 58.4 Å². The summed E-state index contributed by atoms with van der Waals surface area (Å²) in [6.07, 6.45) is 3.90. The minimum atomic E-state index is -0.299. The number of nitrogens with two attached hydrogens (primary N) is 1. The Labute approximate surface area is 149 Å². The van der Waals surface area contributed by atoms with Gasteiger partial charge in [0.15, 0.2) is 0 Å². The maximum absolute atomic E-state index is 13.4. The number of carbonyl (C=O) groups is 1. The van der Waals surface area contributed by atoms with Gasteiger partial charge < -0.3 is 11.1 Å². The molecule has 1 aromatic carbocycles. The van der Waals surface area contributed by atoms with Crippen LogP contribution in [0.25, 0.3) is 0 Å². The lowest BCUT2D eigenvalue weighted by atomic mass is 10.0. The van der Waals surface area contributed by atoms with E-state index in [0.717, 1.165) is 13.0 Å². The first-order chi connectivity index (χ1) is 10.1. The van der Waals surface area contributed by atoms with Crippen molar-refractivity contribution in [1.82, 2.24) is 4.90 Å². The van der Waals surface area contributed by atoms with Gasteiger partial charge in [-0.2, -0.15) is 0 Å². The van der Waals surface area contributed by atoms with Crippen LogP contribution in [0, 0.1) is 12.7 Å². The highest BCUT2D eigenvalue weighted by Crippen LogP contribution is 2.17. The number of nitrogens with one attached hydrogen (secondary N) is 1. The highest BCUT2D eigenvalue weighted by molar-refractivity contribution is 5.90. The zero-order valence-electron chi connectivity index (χ0n) is 13.4. The number of piperidine rings is 1. The number of halogens is 3. The zero-order chi connectivity index (χ0) is 15.2. The van der Waals surface area contributed by atoms with Gasteiger partial charge in [-0.1, -0.05) is 12.5 Å². The molecule has 2 rings (SSSR count). The second kappa shape index (κ2) is 10.8. The van der Waals surface area contributed by atoms with Crippen LogP contribution in [0.4, 0.5) is 10.1 Å². The molecular formula is C16H26Cl2FN3O. The van der Waals surface area contributed by atoms with E-state index in [1.54, 1.807) is 19.1 Å². The van der Waals surface area contributed by atoms with Gasteiger partial charge in [0.2, 0.25) is 5.91 Å². The SMILES string of the molecule is Cc1ccc(NC(=O)CCN2CCCCC2CN)cc1F.Cl.Cl. The molecule has 0 bridgehead atoms. The van der Waals surface area contributed by atoms with Gasteiger partial charge in [-0.05, 0) is 44.0 Å². The Bertz CT molecular complexity index is 502. The van der Waals surface area contributed by atoms with Crippen molar-refractivity contribution in [3.05, 3.63) is 29.6 Å². The molecule has 1 heterocycles. The molecule has 4 nitrogen and oxygen atoms in total. The third-order valence-electron chi connectivity index (χ3n) is 4.10. The summed E-state index contributed by atoms with van der Waals surface area (Å²) in [5, 5.41) is 2.75. The molecule has 1 aliphatic rings. The molecule has 1 unspecified atom stereocenters. The van der Waals surface area contributed by atoms with E-state index >= 15 is 0 Å². The molecule has 1 fully saturated rings. The smallest absolute Gasteiger partial charge is 0.225 e. The molecule has 1 aliphatic heterocycles. The molecule has 0 spiro atoms. The monoisotopic (exact) mass is 365 g/mol. The predicted octanol–water partition coefficient (Wildman–Crippen LogP) is 3.12. The summed E-state index contributed by atoms with van der Waals surface area (Å²) >= 11 is 0. The lowest BCUT2D eigenvalue weighted by Crippen LogP contribution is -2.45. The fraction of sp³-hybridized carbons (Fsp3) is 0.562. The van der Waals surface area contributed by atoms with Crippen LogP contribution in [0.15, 0.2) is 18.2 Å². The average Bonchev–Trinajstić information content (AvgIpc) is 2.49. The molecule has 1 aromatic rings. The highest BCUT2D eigenvalue weighted by atomic mass is 35.5. The molecule has 23 heavy (non-hydrogen) atoms. The number of likely N-dealkylation sites (tertiary alicyclic amines) is 1. The summed E-state index contributed by atoms with van der Waals surface area (Å²) in [6, 6.07) is 5.14. The first kappa shape index (κ1) is 22.1. The standard InChI is InChI=1S/C16H24FN3O.2ClH/c1-12-5-6-13(10-15(12)17)19-16(21)7-9-20-8-3-2-4-14(20)11-18;;/h5-6,10,14H,2-4,7-9,11,18H2,1H3,(H,19,21);2*1H. The second-order valence-corrected chi connectivity index (χ2v) is 5.68. The fourth-order valence-corrected chi connectivity index (χ4v) is 2.76. The fourth-order valence-electron chi connectivity index (χ4n) is 2.76. The van der Waals surface area contributed by atoms with E-state index in [0.29, 0.717) is 36.8 Å². The van der Waals surface area contributed by atoms with Crippen LogP contribution in [0.1, 0.15) is 31.2 Å². The van der Waals surface area contributed by atoms with Crippen molar-refractivity contribution < 1.29 is 9.18 Å². The molecule has 1 amide bonds. The van der Waals surface area contributed by atoms with Crippen molar-refractivity contribution in [2.45, 2.75) is 38.6 Å². The van der Waals surface area contributed by atoms with Crippen LogP contribution in [0.5, 0.6) is 0 Å². The number of anilines is 1. The van der Waals surface area contributed by atoms with Gasteiger partial charge in [-0.25, -0.2) is 4.39 Å². The minimum absolute atomic E-state index is 0. The van der Waals surface area contributed by atoms with Crippen LogP contribution in [-0.2, 0) is 4.79 Å². The van der Waals surface area contributed by atoms with E-state index in [9.17, 15) is 9.18 Å². The highest BCUT2D eigenvalue weighted by Gasteiger charge is 2.21. The van der Waals surface area contributed by atoms with E-state index in [4.69, 9.17) is 5.73 Å². The van der Waals surface area contributed by atoms with Crippen molar-refractivity contribution in [2.24, 2.45) is 5.73 Å². The van der Waals surface area contributed by atoms with Gasteiger partial charge in [0.1, 0.15) is 5.82 Å². The van der Waals surface area contributed by atoms with Crippen molar-refractivity contribution in [3.8, 4) is 0 Å². The number of hydrogen-bond acceptors (Lipinski definition) is 3. The van der Waals surface area contributed by atoms with Crippen LogP contribution >= 0.6 is 24.8 Å². The molecule has 1 atom stereocenters. The third-order valence-corrected chi connectivity index (χ3v) is 4.10. The summed E-state index contributed by atoms with van der Waals surface area (Å²) < 4.78 is 13.4. The Morgan fingerprint density at radius 2 is 2.13 bits per heavy atom. The lowest BCUT2D eigenvalue weighted by molar-refractivity contribution is -0.116. The van der Waals surface area contributed by atoms with Gasteiger partial charge in [-0.15, -0.1) is 24.8 Å². The van der Waals surface area contributed by atoms with E-state index in [1.165, 1.54) is 18.9 Å². The van der Waals surface area contributed by atoms with E-state index in [2.05, 4.69) is 10.2 Å². The first-order valence-electron chi connectivity index (χ1n) is 7.60. The average molecular weight is 366 g/mol. The summed E-state index contributed by atoms with van der Waals surface area (Å²) in [5.74, 6) is -0.383. The number of carbonyl (C=O) groups excluding carboxylic acids is 1. The van der Waals surface area contributed by atoms with Crippen LogP contribution in [0.3, 0.4) is 0 Å². The number of aryl methyl sites for hydroxylation is 1. The Kier molecular flexibility index (Phi) is 10.4. The lowest BCUT2D eigenvalue weighted by Gasteiger charge is -2.34. The molecule has 0 aromatic heterocycles. The number of hydrogen-bond donors (Lipinski definition) is 2. The zero-order valence-corrected chi connectivity index (χ0v) is 15.0. The number of nitrogens with zero attached hydrogens (tertiary/aromatic N) is 1. The molecule has 1 saturated heterocycles. The minimum Gasteiger partial charge on any atom is -0.329 e. The predicted molar refractivity (Wildman–Crippen MR) is 97.1 cm³/mol. The van der Waals surface area contributed by atoms with Gasteiger partial charge in [-0.3, -0.25) is 9.69 Å². The van der Waals surface area contributed by atoms with E-state index < -0.39 is 0 Å².